The van der Waals surface area contributed by atoms with Gasteiger partial charge in [0, 0.05) is 22.5 Å². The van der Waals surface area contributed by atoms with Gasteiger partial charge in [0.15, 0.2) is 0 Å². The number of nitrogens with one attached hydrogen (secondary N) is 2. The average molecular weight is 456 g/mol. The van der Waals surface area contributed by atoms with E-state index < -0.39 is 39.3 Å². The number of hydrogen-bond acceptors (Lipinski definition) is 4. The zero-order chi connectivity index (χ0) is 22.7. The zero-order valence-corrected chi connectivity index (χ0v) is 18.0. The van der Waals surface area contributed by atoms with Crippen LogP contribution in [0.25, 0.3) is 11.1 Å². The molecule has 2 aromatic rings. The normalized spacial score (nSPS) is 11.8. The van der Waals surface area contributed by atoms with Crippen molar-refractivity contribution in [2.24, 2.45) is 0 Å². The summed E-state index contributed by atoms with van der Waals surface area (Å²) in [7, 11) is -9.12. The number of amides is 2. The number of anilines is 2. The lowest BCUT2D eigenvalue weighted by atomic mass is 9.93. The minimum atomic E-state index is -4.56. The summed E-state index contributed by atoms with van der Waals surface area (Å²) in [4.78, 5) is 60.2. The Hall–Kier alpha value is -2.32. The Morgan fingerprint density at radius 3 is 1.37 bits per heavy atom. The molecule has 0 aliphatic rings. The molecule has 0 unspecified atom stereocenters. The summed E-state index contributed by atoms with van der Waals surface area (Å²) in [6.07, 6.45) is -1.97. The van der Waals surface area contributed by atoms with Gasteiger partial charge < -0.3 is 30.2 Å². The highest BCUT2D eigenvalue weighted by molar-refractivity contribution is 7.53. The maximum absolute atomic E-state index is 12.1. The maximum Gasteiger partial charge on any atom is 0.334 e. The van der Waals surface area contributed by atoms with E-state index in [9.17, 15) is 18.7 Å². The van der Waals surface area contributed by atoms with Crippen LogP contribution in [0.4, 0.5) is 11.4 Å². The first-order chi connectivity index (χ1) is 13.8. The molecule has 0 spiro atoms. The summed E-state index contributed by atoms with van der Waals surface area (Å²) in [6.45, 7) is 3.50. The number of carbonyl (C=O) groups excluding carboxylic acids is 2. The van der Waals surface area contributed by atoms with Gasteiger partial charge in [0.05, 0.1) is 0 Å². The van der Waals surface area contributed by atoms with E-state index in [-0.39, 0.29) is 11.4 Å². The molecule has 6 N–H and O–H groups in total. The van der Waals surface area contributed by atoms with Crippen LogP contribution < -0.4 is 10.6 Å². The molecule has 0 bridgehead atoms. The van der Waals surface area contributed by atoms with Crippen molar-refractivity contribution in [3.8, 4) is 11.1 Å². The predicted molar refractivity (Wildman–Crippen MR) is 112 cm³/mol. The molecule has 30 heavy (non-hydrogen) atoms. The van der Waals surface area contributed by atoms with E-state index in [0.717, 1.165) is 0 Å². The second kappa shape index (κ2) is 9.22. The third kappa shape index (κ3) is 6.88. The van der Waals surface area contributed by atoms with Crippen molar-refractivity contribution in [2.45, 2.75) is 13.8 Å². The smallest absolute Gasteiger partial charge is 0.325 e. The molecular weight excluding hydrogens is 434 g/mol. The molecule has 162 valence electrons. The van der Waals surface area contributed by atoms with E-state index >= 15 is 0 Å². The Morgan fingerprint density at radius 2 is 1.07 bits per heavy atom. The molecule has 2 aromatic carbocycles. The molecule has 0 fully saturated rings. The van der Waals surface area contributed by atoms with Crippen LogP contribution in [0.2, 0.25) is 0 Å². The monoisotopic (exact) mass is 456 g/mol. The molecule has 0 saturated carbocycles. The van der Waals surface area contributed by atoms with E-state index in [2.05, 4.69) is 10.6 Å². The van der Waals surface area contributed by atoms with Crippen LogP contribution in [0.15, 0.2) is 36.4 Å². The molecule has 0 aromatic heterocycles. The summed E-state index contributed by atoms with van der Waals surface area (Å²) in [5.41, 5.74) is 2.94. The molecule has 0 radical (unpaired) electrons. The highest BCUT2D eigenvalue weighted by atomic mass is 31.2. The van der Waals surface area contributed by atoms with Gasteiger partial charge in [0.1, 0.15) is 12.3 Å². The molecule has 2 amide bonds. The SMILES string of the molecule is Cc1cccc(NC(=O)CP(=O)(O)O)c1-c1c(C)cccc1NC(=O)CP(=O)(O)O. The number of hydrogen-bond donors (Lipinski definition) is 6. The van der Waals surface area contributed by atoms with Crippen molar-refractivity contribution < 1.29 is 38.3 Å². The third-order valence-electron chi connectivity index (χ3n) is 4.04. The first kappa shape index (κ1) is 24.0. The van der Waals surface area contributed by atoms with Crippen LogP contribution in [0.1, 0.15) is 11.1 Å². The molecule has 0 saturated heterocycles. The van der Waals surface area contributed by atoms with Crippen LogP contribution in [-0.4, -0.2) is 43.7 Å². The number of aryl methyl sites for hydroxylation is 2. The lowest BCUT2D eigenvalue weighted by molar-refractivity contribution is -0.115. The number of carbonyl (C=O) groups is 2. The molecule has 0 aliphatic carbocycles. The Bertz CT molecular complexity index is 988. The first-order valence-electron chi connectivity index (χ1n) is 8.65. The van der Waals surface area contributed by atoms with Crippen LogP contribution in [0.3, 0.4) is 0 Å². The van der Waals surface area contributed by atoms with Crippen molar-refractivity contribution in [1.82, 2.24) is 0 Å². The highest BCUT2D eigenvalue weighted by Gasteiger charge is 2.23. The van der Waals surface area contributed by atoms with Gasteiger partial charge in [-0.25, -0.2) is 0 Å². The van der Waals surface area contributed by atoms with Gasteiger partial charge in [-0.2, -0.15) is 0 Å². The molecule has 0 atom stereocenters. The van der Waals surface area contributed by atoms with Crippen LogP contribution in [-0.2, 0) is 18.7 Å². The fourth-order valence-electron chi connectivity index (χ4n) is 2.96. The fraction of sp³-hybridized carbons (Fsp3) is 0.222. The van der Waals surface area contributed by atoms with Gasteiger partial charge in [-0.15, -0.1) is 0 Å². The van der Waals surface area contributed by atoms with Gasteiger partial charge in [-0.1, -0.05) is 24.3 Å². The van der Waals surface area contributed by atoms with Crippen molar-refractivity contribution in [3.63, 3.8) is 0 Å². The molecule has 0 aliphatic heterocycles. The molecule has 2 rings (SSSR count). The van der Waals surface area contributed by atoms with Gasteiger partial charge in [0.2, 0.25) is 11.8 Å². The number of benzene rings is 2. The Morgan fingerprint density at radius 1 is 0.733 bits per heavy atom. The summed E-state index contributed by atoms with van der Waals surface area (Å²) in [5, 5.41) is 4.97. The van der Waals surface area contributed by atoms with Gasteiger partial charge in [0.25, 0.3) is 0 Å². The predicted octanol–water partition coefficient (Wildman–Crippen LogP) is 2.20. The van der Waals surface area contributed by atoms with Crippen LogP contribution >= 0.6 is 15.2 Å². The zero-order valence-electron chi connectivity index (χ0n) is 16.2. The highest BCUT2D eigenvalue weighted by Crippen LogP contribution is 2.40. The quantitative estimate of drug-likeness (QED) is 0.344. The Labute approximate surface area is 172 Å². The Balaban J connectivity index is 2.51. The average Bonchev–Trinajstić information content (AvgIpc) is 2.53. The Kier molecular flexibility index (Phi) is 7.36. The van der Waals surface area contributed by atoms with Gasteiger partial charge in [-0.05, 0) is 37.1 Å². The second-order valence-electron chi connectivity index (χ2n) is 6.74. The molecule has 0 heterocycles. The van der Waals surface area contributed by atoms with Crippen molar-refractivity contribution in [3.05, 3.63) is 47.5 Å². The van der Waals surface area contributed by atoms with E-state index in [1.54, 1.807) is 50.2 Å². The minimum Gasteiger partial charge on any atom is -0.325 e. The number of rotatable bonds is 7. The molecule has 10 nitrogen and oxygen atoms in total. The van der Waals surface area contributed by atoms with Crippen LogP contribution in [0.5, 0.6) is 0 Å². The standard InChI is InChI=1S/C18H22N2O8P2/c1-11-5-3-7-13(19-15(21)9-29(23,24)25)17(11)18-12(2)6-4-8-14(18)20-16(22)10-30(26,27)28/h3-8H,9-10H2,1-2H3,(H,19,21)(H,20,22)(H2,23,24,25)(H2,26,27,28). The van der Waals surface area contributed by atoms with E-state index in [1.165, 1.54) is 0 Å². The van der Waals surface area contributed by atoms with E-state index in [0.29, 0.717) is 22.3 Å². The summed E-state index contributed by atoms with van der Waals surface area (Å²) in [5.74, 6) is -1.76. The lowest BCUT2D eigenvalue weighted by Gasteiger charge is -2.20. The second-order valence-corrected chi connectivity index (χ2v) is 10.0. The maximum atomic E-state index is 12.1. The van der Waals surface area contributed by atoms with Gasteiger partial charge >= 0.3 is 15.2 Å². The topological polar surface area (TPSA) is 173 Å². The third-order valence-corrected chi connectivity index (χ3v) is 5.44. The first-order valence-corrected chi connectivity index (χ1v) is 12.2. The van der Waals surface area contributed by atoms with E-state index in [1.807, 2.05) is 0 Å². The van der Waals surface area contributed by atoms with E-state index in [4.69, 9.17) is 19.6 Å². The molecular formula is C18H22N2O8P2. The van der Waals surface area contributed by atoms with Gasteiger partial charge in [-0.3, -0.25) is 18.7 Å². The summed E-state index contributed by atoms with van der Waals surface area (Å²) in [6, 6.07) is 9.90. The minimum absolute atomic E-state index is 0.272. The van der Waals surface area contributed by atoms with Crippen molar-refractivity contribution >= 4 is 38.4 Å². The molecule has 12 heteroatoms. The lowest BCUT2D eigenvalue weighted by Crippen LogP contribution is -2.18. The van der Waals surface area contributed by atoms with Crippen LogP contribution in [0, 0.1) is 13.8 Å². The fourth-order valence-corrected chi connectivity index (χ4v) is 3.87. The van der Waals surface area contributed by atoms with Crippen molar-refractivity contribution in [2.75, 3.05) is 23.0 Å². The summed E-state index contributed by atoms with van der Waals surface area (Å²) >= 11 is 0. The van der Waals surface area contributed by atoms with Crippen molar-refractivity contribution in [1.29, 1.82) is 0 Å². The largest absolute Gasteiger partial charge is 0.334 e. The summed E-state index contributed by atoms with van der Waals surface area (Å²) < 4.78 is 22.2.